The minimum absolute atomic E-state index is 0.777. The number of rotatable bonds is 3. The van der Waals surface area contributed by atoms with Crippen molar-refractivity contribution in [3.8, 4) is 0 Å². The minimum Gasteiger partial charge on any atom is -0.330 e. The summed E-state index contributed by atoms with van der Waals surface area (Å²) in [6.45, 7) is 0.841. The minimum atomic E-state index is 0.777. The average Bonchev–Trinajstić information content (AvgIpc) is 2.12. The maximum absolute atomic E-state index is 5.51. The highest BCUT2D eigenvalue weighted by atomic mass is 14.6. The second-order valence-electron chi connectivity index (χ2n) is 3.89. The van der Waals surface area contributed by atoms with Crippen molar-refractivity contribution in [2.45, 2.75) is 25.2 Å². The highest BCUT2D eigenvalue weighted by molar-refractivity contribution is 5.18. The summed E-state index contributed by atoms with van der Waals surface area (Å²) in [5.74, 6) is 1.66. The highest BCUT2D eigenvalue weighted by Crippen LogP contribution is 2.42. The third-order valence-corrected chi connectivity index (χ3v) is 2.99. The van der Waals surface area contributed by atoms with Crippen molar-refractivity contribution in [1.82, 2.24) is 4.98 Å². The Morgan fingerprint density at radius 1 is 1.31 bits per heavy atom. The fourth-order valence-electron chi connectivity index (χ4n) is 2.11. The predicted octanol–water partition coefficient (Wildman–Crippen LogP) is 1.92. The van der Waals surface area contributed by atoms with Crippen molar-refractivity contribution < 1.29 is 0 Å². The molecule has 1 aromatic rings. The molecule has 0 amide bonds. The van der Waals surface area contributed by atoms with Gasteiger partial charge < -0.3 is 5.73 Å². The lowest BCUT2D eigenvalue weighted by Gasteiger charge is -2.35. The molecule has 2 rings (SSSR count). The molecular formula is C11H16N2. The first-order chi connectivity index (χ1) is 6.40. The molecule has 1 aromatic heterocycles. The molecule has 2 nitrogen and oxygen atoms in total. The first kappa shape index (κ1) is 8.70. The zero-order valence-electron chi connectivity index (χ0n) is 7.82. The van der Waals surface area contributed by atoms with Gasteiger partial charge in [-0.2, -0.15) is 0 Å². The molecule has 0 unspecified atom stereocenters. The lowest BCUT2D eigenvalue weighted by Crippen LogP contribution is -2.24. The summed E-state index contributed by atoms with van der Waals surface area (Å²) in [5.41, 5.74) is 6.96. The highest BCUT2D eigenvalue weighted by Gasteiger charge is 2.29. The molecule has 1 heterocycles. The zero-order valence-corrected chi connectivity index (χ0v) is 7.82. The van der Waals surface area contributed by atoms with E-state index in [1.165, 1.54) is 24.8 Å². The van der Waals surface area contributed by atoms with Crippen LogP contribution in [0.25, 0.3) is 0 Å². The van der Waals surface area contributed by atoms with Gasteiger partial charge in [-0.15, -0.1) is 0 Å². The predicted molar refractivity (Wildman–Crippen MR) is 53.4 cm³/mol. The van der Waals surface area contributed by atoms with Crippen molar-refractivity contribution in [3.63, 3.8) is 0 Å². The van der Waals surface area contributed by atoms with Crippen LogP contribution in [0.3, 0.4) is 0 Å². The van der Waals surface area contributed by atoms with Crippen molar-refractivity contribution in [3.05, 3.63) is 30.1 Å². The standard InChI is InChI=1S/C11H16N2/c12-4-1-9-7-11(8-9)10-2-5-13-6-3-10/h2-3,5-6,9,11H,1,4,7-8,12H2. The third-order valence-electron chi connectivity index (χ3n) is 2.99. The monoisotopic (exact) mass is 176 g/mol. The van der Waals surface area contributed by atoms with Gasteiger partial charge in [-0.1, -0.05) is 0 Å². The van der Waals surface area contributed by atoms with Crippen molar-refractivity contribution >= 4 is 0 Å². The average molecular weight is 176 g/mol. The second-order valence-corrected chi connectivity index (χ2v) is 3.89. The molecule has 0 atom stereocenters. The molecule has 2 heteroatoms. The molecule has 1 fully saturated rings. The maximum Gasteiger partial charge on any atom is 0.0270 e. The molecule has 2 N–H and O–H groups in total. The molecule has 0 bridgehead atoms. The number of aromatic nitrogens is 1. The first-order valence-electron chi connectivity index (χ1n) is 5.00. The lowest BCUT2D eigenvalue weighted by atomic mass is 9.70. The van der Waals surface area contributed by atoms with Gasteiger partial charge in [-0.25, -0.2) is 0 Å². The fraction of sp³-hybridized carbons (Fsp3) is 0.545. The smallest absolute Gasteiger partial charge is 0.0270 e. The van der Waals surface area contributed by atoms with E-state index in [-0.39, 0.29) is 0 Å². The zero-order chi connectivity index (χ0) is 9.10. The van der Waals surface area contributed by atoms with Crippen LogP contribution in [-0.4, -0.2) is 11.5 Å². The maximum atomic E-state index is 5.51. The van der Waals surface area contributed by atoms with E-state index in [1.54, 1.807) is 0 Å². The van der Waals surface area contributed by atoms with Crippen molar-refractivity contribution in [2.75, 3.05) is 6.54 Å². The molecule has 1 aliphatic rings. The Morgan fingerprint density at radius 3 is 2.62 bits per heavy atom. The summed E-state index contributed by atoms with van der Waals surface area (Å²) in [4.78, 5) is 4.02. The Balaban J connectivity index is 1.87. The summed E-state index contributed by atoms with van der Waals surface area (Å²) >= 11 is 0. The van der Waals surface area contributed by atoms with Crippen LogP contribution in [0.4, 0.5) is 0 Å². The molecule has 70 valence electrons. The van der Waals surface area contributed by atoms with Crippen LogP contribution in [0.15, 0.2) is 24.5 Å². The van der Waals surface area contributed by atoms with Crippen LogP contribution in [0.2, 0.25) is 0 Å². The van der Waals surface area contributed by atoms with Crippen LogP contribution in [0.1, 0.15) is 30.7 Å². The van der Waals surface area contributed by atoms with E-state index in [4.69, 9.17) is 5.73 Å². The molecule has 1 saturated carbocycles. The van der Waals surface area contributed by atoms with E-state index in [0.29, 0.717) is 0 Å². The first-order valence-corrected chi connectivity index (χ1v) is 5.00. The summed E-state index contributed by atoms with van der Waals surface area (Å²) < 4.78 is 0. The Hall–Kier alpha value is -0.890. The quantitative estimate of drug-likeness (QED) is 0.764. The van der Waals surface area contributed by atoms with Gasteiger partial charge in [-0.3, -0.25) is 4.98 Å². The number of hydrogen-bond acceptors (Lipinski definition) is 2. The summed E-state index contributed by atoms with van der Waals surface area (Å²) in [6, 6.07) is 4.26. The van der Waals surface area contributed by atoms with E-state index in [1.807, 2.05) is 12.4 Å². The second kappa shape index (κ2) is 3.88. The molecule has 1 aliphatic carbocycles. The fourth-order valence-corrected chi connectivity index (χ4v) is 2.11. The van der Waals surface area contributed by atoms with Crippen molar-refractivity contribution in [1.29, 1.82) is 0 Å². The Morgan fingerprint density at radius 2 is 2.00 bits per heavy atom. The van der Waals surface area contributed by atoms with Gasteiger partial charge in [0.15, 0.2) is 0 Å². The molecule has 0 aliphatic heterocycles. The van der Waals surface area contributed by atoms with Crippen LogP contribution >= 0.6 is 0 Å². The Labute approximate surface area is 79.2 Å². The van der Waals surface area contributed by atoms with Gasteiger partial charge in [0.25, 0.3) is 0 Å². The van der Waals surface area contributed by atoms with E-state index < -0.39 is 0 Å². The molecule has 0 saturated heterocycles. The molecule has 0 spiro atoms. The van der Waals surface area contributed by atoms with Gasteiger partial charge in [-0.05, 0) is 55.3 Å². The van der Waals surface area contributed by atoms with E-state index in [0.717, 1.165) is 18.4 Å². The van der Waals surface area contributed by atoms with Gasteiger partial charge in [0.1, 0.15) is 0 Å². The van der Waals surface area contributed by atoms with E-state index >= 15 is 0 Å². The third kappa shape index (κ3) is 1.89. The molecule has 0 aromatic carbocycles. The summed E-state index contributed by atoms with van der Waals surface area (Å²) in [5, 5.41) is 0. The molecule has 13 heavy (non-hydrogen) atoms. The normalized spacial score (nSPS) is 26.8. The topological polar surface area (TPSA) is 38.9 Å². The van der Waals surface area contributed by atoms with Crippen LogP contribution in [0, 0.1) is 5.92 Å². The van der Waals surface area contributed by atoms with Gasteiger partial charge >= 0.3 is 0 Å². The molecular weight excluding hydrogens is 160 g/mol. The van der Waals surface area contributed by atoms with Gasteiger partial charge in [0, 0.05) is 12.4 Å². The molecule has 0 radical (unpaired) electrons. The largest absolute Gasteiger partial charge is 0.330 e. The van der Waals surface area contributed by atoms with Crippen LogP contribution in [-0.2, 0) is 0 Å². The SMILES string of the molecule is NCCC1CC(c2ccncc2)C1. The van der Waals surface area contributed by atoms with Crippen LogP contribution in [0.5, 0.6) is 0 Å². The van der Waals surface area contributed by atoms with Gasteiger partial charge in [0.05, 0.1) is 0 Å². The van der Waals surface area contributed by atoms with E-state index in [2.05, 4.69) is 17.1 Å². The number of hydrogen-bond donors (Lipinski definition) is 1. The van der Waals surface area contributed by atoms with Gasteiger partial charge in [0.2, 0.25) is 0 Å². The number of nitrogens with two attached hydrogens (primary N) is 1. The number of nitrogens with zero attached hydrogens (tertiary/aromatic N) is 1. The van der Waals surface area contributed by atoms with Crippen LogP contribution < -0.4 is 5.73 Å². The number of pyridine rings is 1. The van der Waals surface area contributed by atoms with Crippen molar-refractivity contribution in [2.24, 2.45) is 11.7 Å². The Bertz CT molecular complexity index is 252. The Kier molecular flexibility index (Phi) is 2.60. The summed E-state index contributed by atoms with van der Waals surface area (Å²) in [6.07, 6.45) is 7.60. The summed E-state index contributed by atoms with van der Waals surface area (Å²) in [7, 11) is 0. The van der Waals surface area contributed by atoms with E-state index in [9.17, 15) is 0 Å². The lowest BCUT2D eigenvalue weighted by molar-refractivity contribution is 0.251.